The second-order valence-corrected chi connectivity index (χ2v) is 4.39. The average molecular weight is 215 g/mol. The van der Waals surface area contributed by atoms with Gasteiger partial charge in [0.15, 0.2) is 0 Å². The molecule has 0 atom stereocenters. The van der Waals surface area contributed by atoms with Crippen LogP contribution in [0.1, 0.15) is 5.56 Å². The topological polar surface area (TPSA) is 26.0 Å². The smallest absolute Gasteiger partial charge is 0.0314 e. The molecule has 0 aliphatic rings. The Morgan fingerprint density at radius 2 is 1.53 bits per heavy atom. The summed E-state index contributed by atoms with van der Waals surface area (Å²) < 4.78 is 0. The Bertz CT molecular complexity index is 408. The van der Waals surface area contributed by atoms with Gasteiger partial charge in [-0.1, -0.05) is 30.3 Å². The highest BCUT2D eigenvalue weighted by molar-refractivity contribution is 7.98. The summed E-state index contributed by atoms with van der Waals surface area (Å²) in [5, 5.41) is 0. The number of rotatable bonds is 3. The molecule has 2 N–H and O–H groups in total. The number of hydrogen-bond donors (Lipinski definition) is 1. The van der Waals surface area contributed by atoms with Crippen LogP contribution >= 0.6 is 11.8 Å². The maximum Gasteiger partial charge on any atom is 0.0314 e. The molecule has 2 aromatic carbocycles. The third-order valence-corrected chi connectivity index (χ3v) is 3.21. The van der Waals surface area contributed by atoms with Gasteiger partial charge in [-0.15, -0.1) is 11.8 Å². The van der Waals surface area contributed by atoms with E-state index in [0.717, 1.165) is 11.4 Å². The first-order chi connectivity index (χ1) is 7.34. The van der Waals surface area contributed by atoms with Crippen molar-refractivity contribution < 1.29 is 0 Å². The summed E-state index contributed by atoms with van der Waals surface area (Å²) in [7, 11) is 0. The summed E-state index contributed by atoms with van der Waals surface area (Å²) in [6.45, 7) is 0. The van der Waals surface area contributed by atoms with Crippen LogP contribution in [-0.4, -0.2) is 0 Å². The first-order valence-corrected chi connectivity index (χ1v) is 5.85. The average Bonchev–Trinajstić information content (AvgIpc) is 2.30. The lowest BCUT2D eigenvalue weighted by atomic mass is 10.2. The van der Waals surface area contributed by atoms with Gasteiger partial charge in [0.2, 0.25) is 0 Å². The second-order valence-electron chi connectivity index (χ2n) is 3.34. The molecule has 2 rings (SSSR count). The van der Waals surface area contributed by atoms with E-state index in [0.29, 0.717) is 0 Å². The minimum atomic E-state index is 0.819. The molecule has 0 radical (unpaired) electrons. The van der Waals surface area contributed by atoms with E-state index >= 15 is 0 Å². The van der Waals surface area contributed by atoms with Gasteiger partial charge < -0.3 is 5.73 Å². The van der Waals surface area contributed by atoms with Gasteiger partial charge in [0.25, 0.3) is 0 Å². The van der Waals surface area contributed by atoms with Crippen molar-refractivity contribution in [3.05, 3.63) is 60.2 Å². The van der Waals surface area contributed by atoms with Crippen LogP contribution in [0.15, 0.2) is 59.5 Å². The number of nitrogens with two attached hydrogens (primary N) is 1. The van der Waals surface area contributed by atoms with Crippen molar-refractivity contribution >= 4 is 17.4 Å². The molecular formula is C13H13NS. The molecule has 0 bridgehead atoms. The molecule has 0 aromatic heterocycles. The first-order valence-electron chi connectivity index (χ1n) is 4.87. The van der Waals surface area contributed by atoms with E-state index in [1.165, 1.54) is 10.5 Å². The predicted molar refractivity (Wildman–Crippen MR) is 66.9 cm³/mol. The monoisotopic (exact) mass is 215 g/mol. The van der Waals surface area contributed by atoms with Crippen molar-refractivity contribution in [2.75, 3.05) is 5.73 Å². The third-order valence-electron chi connectivity index (χ3n) is 2.13. The molecule has 15 heavy (non-hydrogen) atoms. The summed E-state index contributed by atoms with van der Waals surface area (Å²) in [5.41, 5.74) is 7.79. The number of thioether (sulfide) groups is 1. The van der Waals surface area contributed by atoms with Crippen LogP contribution in [0.3, 0.4) is 0 Å². The lowest BCUT2D eigenvalue weighted by molar-refractivity contribution is 1.38. The highest BCUT2D eigenvalue weighted by atomic mass is 32.2. The lowest BCUT2D eigenvalue weighted by Gasteiger charge is -2.02. The first kappa shape index (κ1) is 10.1. The maximum absolute atomic E-state index is 5.62. The van der Waals surface area contributed by atoms with E-state index in [1.807, 2.05) is 30.0 Å². The molecule has 0 unspecified atom stereocenters. The van der Waals surface area contributed by atoms with Crippen molar-refractivity contribution in [1.82, 2.24) is 0 Å². The normalized spacial score (nSPS) is 10.1. The molecule has 0 spiro atoms. The lowest BCUT2D eigenvalue weighted by Crippen LogP contribution is -1.83. The quantitative estimate of drug-likeness (QED) is 0.626. The Balaban J connectivity index is 1.96. The molecular weight excluding hydrogens is 202 g/mol. The Morgan fingerprint density at radius 3 is 2.20 bits per heavy atom. The summed E-state index contributed by atoms with van der Waals surface area (Å²) in [6, 6.07) is 18.5. The van der Waals surface area contributed by atoms with E-state index in [-0.39, 0.29) is 0 Å². The number of benzene rings is 2. The fraction of sp³-hybridized carbons (Fsp3) is 0.0769. The Labute approximate surface area is 94.3 Å². The fourth-order valence-corrected chi connectivity index (χ4v) is 2.16. The van der Waals surface area contributed by atoms with Gasteiger partial charge in [0.05, 0.1) is 0 Å². The molecule has 0 heterocycles. The summed E-state index contributed by atoms with van der Waals surface area (Å²) in [6.07, 6.45) is 0. The van der Waals surface area contributed by atoms with Crippen molar-refractivity contribution in [2.45, 2.75) is 10.6 Å². The SMILES string of the molecule is Nc1ccc(SCc2ccccc2)cc1. The summed E-state index contributed by atoms with van der Waals surface area (Å²) >= 11 is 1.83. The van der Waals surface area contributed by atoms with Gasteiger partial charge in [-0.25, -0.2) is 0 Å². The molecule has 76 valence electrons. The third kappa shape index (κ3) is 3.03. The maximum atomic E-state index is 5.62. The minimum Gasteiger partial charge on any atom is -0.399 e. The predicted octanol–water partition coefficient (Wildman–Crippen LogP) is 3.56. The molecule has 0 aliphatic heterocycles. The van der Waals surface area contributed by atoms with Crippen LogP contribution in [0.5, 0.6) is 0 Å². The van der Waals surface area contributed by atoms with Crippen LogP contribution in [-0.2, 0) is 5.75 Å². The van der Waals surface area contributed by atoms with Crippen LogP contribution in [0, 0.1) is 0 Å². The van der Waals surface area contributed by atoms with E-state index < -0.39 is 0 Å². The molecule has 0 saturated heterocycles. The van der Waals surface area contributed by atoms with E-state index in [9.17, 15) is 0 Å². The van der Waals surface area contributed by atoms with Crippen molar-refractivity contribution in [2.24, 2.45) is 0 Å². The Kier molecular flexibility index (Phi) is 3.30. The van der Waals surface area contributed by atoms with Gasteiger partial charge in [0.1, 0.15) is 0 Å². The number of anilines is 1. The van der Waals surface area contributed by atoms with Crippen LogP contribution in [0.2, 0.25) is 0 Å². The Hall–Kier alpha value is -1.41. The Morgan fingerprint density at radius 1 is 0.867 bits per heavy atom. The van der Waals surface area contributed by atoms with Gasteiger partial charge >= 0.3 is 0 Å². The summed E-state index contributed by atoms with van der Waals surface area (Å²) in [4.78, 5) is 1.26. The van der Waals surface area contributed by atoms with Gasteiger partial charge in [0, 0.05) is 16.3 Å². The van der Waals surface area contributed by atoms with E-state index in [2.05, 4.69) is 36.4 Å². The van der Waals surface area contributed by atoms with Crippen molar-refractivity contribution in [1.29, 1.82) is 0 Å². The highest BCUT2D eigenvalue weighted by Gasteiger charge is 1.95. The zero-order chi connectivity index (χ0) is 10.5. The molecule has 2 heteroatoms. The highest BCUT2D eigenvalue weighted by Crippen LogP contribution is 2.23. The van der Waals surface area contributed by atoms with Crippen LogP contribution in [0.25, 0.3) is 0 Å². The van der Waals surface area contributed by atoms with Crippen LogP contribution in [0.4, 0.5) is 5.69 Å². The van der Waals surface area contributed by atoms with E-state index in [4.69, 9.17) is 5.73 Å². The standard InChI is InChI=1S/C13H13NS/c14-12-6-8-13(9-7-12)15-10-11-4-2-1-3-5-11/h1-9H,10,14H2. The molecule has 0 saturated carbocycles. The molecule has 0 amide bonds. The number of hydrogen-bond acceptors (Lipinski definition) is 2. The van der Waals surface area contributed by atoms with Gasteiger partial charge in [-0.05, 0) is 29.8 Å². The molecule has 2 aromatic rings. The van der Waals surface area contributed by atoms with Gasteiger partial charge in [-0.3, -0.25) is 0 Å². The minimum absolute atomic E-state index is 0.819. The molecule has 0 aliphatic carbocycles. The fourth-order valence-electron chi connectivity index (χ4n) is 1.30. The molecule has 1 nitrogen and oxygen atoms in total. The van der Waals surface area contributed by atoms with E-state index in [1.54, 1.807) is 0 Å². The summed E-state index contributed by atoms with van der Waals surface area (Å²) in [5.74, 6) is 1.00. The van der Waals surface area contributed by atoms with Crippen molar-refractivity contribution in [3.8, 4) is 0 Å². The largest absolute Gasteiger partial charge is 0.399 e. The second kappa shape index (κ2) is 4.89. The zero-order valence-corrected chi connectivity index (χ0v) is 9.21. The number of nitrogen functional groups attached to an aromatic ring is 1. The van der Waals surface area contributed by atoms with Gasteiger partial charge in [-0.2, -0.15) is 0 Å². The zero-order valence-electron chi connectivity index (χ0n) is 8.39. The molecule has 0 fully saturated rings. The van der Waals surface area contributed by atoms with Crippen LogP contribution < -0.4 is 5.73 Å². The van der Waals surface area contributed by atoms with Crippen molar-refractivity contribution in [3.63, 3.8) is 0 Å².